The quantitative estimate of drug-likeness (QED) is 0.849. The molecular formula is C10H4BrFN2OS. The van der Waals surface area contributed by atoms with Crippen molar-refractivity contribution in [3.63, 3.8) is 0 Å². The van der Waals surface area contributed by atoms with Crippen molar-refractivity contribution in [3.8, 4) is 17.0 Å². The Labute approximate surface area is 103 Å². The first-order valence-electron chi connectivity index (χ1n) is 4.17. The minimum Gasteiger partial charge on any atom is -0.431 e. The van der Waals surface area contributed by atoms with Crippen LogP contribution < -0.4 is 4.74 Å². The molecule has 0 atom stereocenters. The lowest BCUT2D eigenvalue weighted by Gasteiger charge is -2.01. The van der Waals surface area contributed by atoms with Gasteiger partial charge in [0.2, 0.25) is 0 Å². The second kappa shape index (κ2) is 4.60. The highest BCUT2D eigenvalue weighted by molar-refractivity contribution is 9.10. The maximum atomic E-state index is 13.2. The largest absolute Gasteiger partial charge is 0.431 e. The predicted molar refractivity (Wildman–Crippen MR) is 61.0 cm³/mol. The molecule has 0 N–H and O–H groups in total. The van der Waals surface area contributed by atoms with Gasteiger partial charge in [0.15, 0.2) is 0 Å². The molecule has 2 rings (SSSR count). The van der Waals surface area contributed by atoms with Gasteiger partial charge in [-0.1, -0.05) is 11.3 Å². The van der Waals surface area contributed by atoms with Gasteiger partial charge in [0, 0.05) is 11.4 Å². The summed E-state index contributed by atoms with van der Waals surface area (Å²) in [6.45, 7) is 0. The zero-order chi connectivity index (χ0) is 11.5. The summed E-state index contributed by atoms with van der Waals surface area (Å²) in [5, 5.41) is 10.7. The first kappa shape index (κ1) is 11.0. The Hall–Kier alpha value is -1.45. The molecule has 6 heteroatoms. The average Bonchev–Trinajstić information content (AvgIpc) is 2.64. The number of nitrogens with zero attached hydrogens (tertiary/aromatic N) is 2. The Morgan fingerprint density at radius 2 is 2.31 bits per heavy atom. The smallest absolute Gasteiger partial charge is 0.279 e. The minimum atomic E-state index is -0.601. The van der Waals surface area contributed by atoms with Crippen LogP contribution in [0.25, 0.3) is 0 Å². The van der Waals surface area contributed by atoms with E-state index in [0.717, 1.165) is 6.07 Å². The fraction of sp³-hybridized carbons (Fsp3) is 0. The molecule has 2 aromatic rings. The summed E-state index contributed by atoms with van der Waals surface area (Å²) >= 11 is 4.48. The highest BCUT2D eigenvalue weighted by atomic mass is 79.9. The van der Waals surface area contributed by atoms with Gasteiger partial charge < -0.3 is 4.74 Å². The SMILES string of the molecule is N#Cc1ccc(Oc2nc(Br)cs2)cc1F. The highest BCUT2D eigenvalue weighted by Gasteiger charge is 2.06. The molecule has 0 amide bonds. The van der Waals surface area contributed by atoms with E-state index in [-0.39, 0.29) is 5.56 Å². The van der Waals surface area contributed by atoms with Crippen molar-refractivity contribution < 1.29 is 9.13 Å². The van der Waals surface area contributed by atoms with Crippen LogP contribution in [0.15, 0.2) is 28.2 Å². The molecule has 0 fully saturated rings. The van der Waals surface area contributed by atoms with Crippen LogP contribution in [0, 0.1) is 17.1 Å². The number of hydrogen-bond acceptors (Lipinski definition) is 4. The lowest BCUT2D eigenvalue weighted by atomic mass is 10.2. The van der Waals surface area contributed by atoms with Gasteiger partial charge in [-0.2, -0.15) is 10.2 Å². The Balaban J connectivity index is 2.23. The van der Waals surface area contributed by atoms with Crippen molar-refractivity contribution >= 4 is 27.3 Å². The molecule has 3 nitrogen and oxygen atoms in total. The van der Waals surface area contributed by atoms with Crippen LogP contribution in [-0.4, -0.2) is 4.98 Å². The van der Waals surface area contributed by atoms with Gasteiger partial charge in [0.1, 0.15) is 22.2 Å². The lowest BCUT2D eigenvalue weighted by molar-refractivity contribution is 0.472. The van der Waals surface area contributed by atoms with Crippen molar-refractivity contribution in [1.29, 1.82) is 5.26 Å². The lowest BCUT2D eigenvalue weighted by Crippen LogP contribution is -1.87. The second-order valence-electron chi connectivity index (χ2n) is 2.79. The summed E-state index contributed by atoms with van der Waals surface area (Å²) < 4.78 is 19.2. The molecule has 0 saturated heterocycles. The monoisotopic (exact) mass is 298 g/mol. The van der Waals surface area contributed by atoms with Crippen molar-refractivity contribution in [2.24, 2.45) is 0 Å². The summed E-state index contributed by atoms with van der Waals surface area (Å²) in [5.41, 5.74) is -0.00679. The van der Waals surface area contributed by atoms with Crippen LogP contribution in [-0.2, 0) is 0 Å². The maximum absolute atomic E-state index is 13.2. The molecule has 1 heterocycles. The standard InChI is InChI=1S/C10H4BrFN2OS/c11-9-5-16-10(14-9)15-7-2-1-6(4-13)8(12)3-7/h1-3,5H. The van der Waals surface area contributed by atoms with Crippen LogP contribution in [0.1, 0.15) is 5.56 Å². The molecule has 0 saturated carbocycles. The summed E-state index contributed by atoms with van der Waals surface area (Å²) in [5.74, 6) is -0.283. The number of rotatable bonds is 2. The van der Waals surface area contributed by atoms with Gasteiger partial charge in [-0.15, -0.1) is 0 Å². The predicted octanol–water partition coefficient (Wildman–Crippen LogP) is 3.71. The second-order valence-corrected chi connectivity index (χ2v) is 4.42. The highest BCUT2D eigenvalue weighted by Crippen LogP contribution is 2.28. The zero-order valence-corrected chi connectivity index (χ0v) is 10.2. The van der Waals surface area contributed by atoms with E-state index in [1.165, 1.54) is 23.5 Å². The summed E-state index contributed by atoms with van der Waals surface area (Å²) in [6.07, 6.45) is 0. The molecular weight excluding hydrogens is 295 g/mol. The molecule has 0 aliphatic heterocycles. The van der Waals surface area contributed by atoms with Crippen molar-refractivity contribution in [3.05, 3.63) is 39.6 Å². The van der Waals surface area contributed by atoms with Gasteiger partial charge in [0.25, 0.3) is 5.19 Å². The fourth-order valence-corrected chi connectivity index (χ4v) is 2.14. The van der Waals surface area contributed by atoms with Crippen LogP contribution >= 0.6 is 27.3 Å². The number of aromatic nitrogens is 1. The Morgan fingerprint density at radius 3 is 2.88 bits per heavy atom. The number of nitriles is 1. The minimum absolute atomic E-state index is 0.00679. The van der Waals surface area contributed by atoms with Crippen LogP contribution in [0.3, 0.4) is 0 Å². The molecule has 0 bridgehead atoms. The molecule has 0 radical (unpaired) electrons. The topological polar surface area (TPSA) is 45.9 Å². The fourth-order valence-electron chi connectivity index (χ4n) is 1.04. The molecule has 0 aliphatic carbocycles. The molecule has 1 aromatic carbocycles. The van der Waals surface area contributed by atoms with E-state index < -0.39 is 5.82 Å². The van der Waals surface area contributed by atoms with Gasteiger partial charge in [-0.25, -0.2) is 4.39 Å². The van der Waals surface area contributed by atoms with E-state index >= 15 is 0 Å². The molecule has 80 valence electrons. The third kappa shape index (κ3) is 2.38. The van der Waals surface area contributed by atoms with E-state index in [9.17, 15) is 4.39 Å². The number of benzene rings is 1. The van der Waals surface area contributed by atoms with Gasteiger partial charge >= 0.3 is 0 Å². The van der Waals surface area contributed by atoms with Gasteiger partial charge in [-0.3, -0.25) is 0 Å². The number of thiazole rings is 1. The summed E-state index contributed by atoms with van der Waals surface area (Å²) in [4.78, 5) is 4.00. The maximum Gasteiger partial charge on any atom is 0.279 e. The Bertz CT molecular complexity index is 564. The Morgan fingerprint density at radius 1 is 1.50 bits per heavy atom. The zero-order valence-electron chi connectivity index (χ0n) is 7.78. The first-order chi connectivity index (χ1) is 7.69. The van der Waals surface area contributed by atoms with E-state index in [2.05, 4.69) is 20.9 Å². The first-order valence-corrected chi connectivity index (χ1v) is 5.85. The number of ether oxygens (including phenoxy) is 1. The Kier molecular flexibility index (Phi) is 3.17. The van der Waals surface area contributed by atoms with E-state index in [1.54, 1.807) is 11.4 Å². The van der Waals surface area contributed by atoms with Crippen LogP contribution in [0.5, 0.6) is 10.9 Å². The average molecular weight is 299 g/mol. The molecule has 0 aliphatic rings. The van der Waals surface area contributed by atoms with Gasteiger partial charge in [0.05, 0.1) is 5.56 Å². The van der Waals surface area contributed by atoms with E-state index in [4.69, 9.17) is 10.00 Å². The van der Waals surface area contributed by atoms with E-state index in [0.29, 0.717) is 15.5 Å². The van der Waals surface area contributed by atoms with E-state index in [1.807, 2.05) is 0 Å². The van der Waals surface area contributed by atoms with Crippen molar-refractivity contribution in [1.82, 2.24) is 4.98 Å². The molecule has 16 heavy (non-hydrogen) atoms. The number of hydrogen-bond donors (Lipinski definition) is 0. The molecule has 0 spiro atoms. The molecule has 1 aromatic heterocycles. The van der Waals surface area contributed by atoms with Crippen LogP contribution in [0.2, 0.25) is 0 Å². The van der Waals surface area contributed by atoms with Gasteiger partial charge in [-0.05, 0) is 28.1 Å². The summed E-state index contributed by atoms with van der Waals surface area (Å²) in [6, 6.07) is 5.79. The van der Waals surface area contributed by atoms with Crippen molar-refractivity contribution in [2.75, 3.05) is 0 Å². The van der Waals surface area contributed by atoms with Crippen molar-refractivity contribution in [2.45, 2.75) is 0 Å². The molecule has 0 unspecified atom stereocenters. The third-order valence-electron chi connectivity index (χ3n) is 1.72. The van der Waals surface area contributed by atoms with Crippen LogP contribution in [0.4, 0.5) is 4.39 Å². The third-order valence-corrected chi connectivity index (χ3v) is 3.15. The normalized spacial score (nSPS) is 9.81. The summed E-state index contributed by atoms with van der Waals surface area (Å²) in [7, 11) is 0. The number of halogens is 2.